The summed E-state index contributed by atoms with van der Waals surface area (Å²) in [5, 5.41) is 3.55. The van der Waals surface area contributed by atoms with Gasteiger partial charge in [-0.05, 0) is 37.1 Å². The van der Waals surface area contributed by atoms with Crippen LogP contribution in [0.4, 0.5) is 5.69 Å². The number of fused-ring (bicyclic) bond motifs is 1. The summed E-state index contributed by atoms with van der Waals surface area (Å²) in [6.45, 7) is 0. The minimum atomic E-state index is -0.571. The third-order valence-corrected chi connectivity index (χ3v) is 4.87. The molecule has 1 saturated carbocycles. The summed E-state index contributed by atoms with van der Waals surface area (Å²) in [7, 11) is 0. The number of anilines is 1. The summed E-state index contributed by atoms with van der Waals surface area (Å²) < 4.78 is 1.47. The Kier molecular flexibility index (Phi) is 4.05. The van der Waals surface area contributed by atoms with Gasteiger partial charge in [-0.3, -0.25) is 19.1 Å². The number of carbonyl (C=O) groups is 1. The summed E-state index contributed by atoms with van der Waals surface area (Å²) in [5.74, 6) is -0.457. The van der Waals surface area contributed by atoms with Gasteiger partial charge in [-0.15, -0.1) is 0 Å². The van der Waals surface area contributed by atoms with E-state index in [0.717, 1.165) is 12.8 Å². The number of halogens is 2. The van der Waals surface area contributed by atoms with E-state index in [9.17, 15) is 14.4 Å². The van der Waals surface area contributed by atoms with Gasteiger partial charge in [0.25, 0.3) is 11.5 Å². The van der Waals surface area contributed by atoms with Crippen LogP contribution in [0.3, 0.4) is 0 Å². The van der Waals surface area contributed by atoms with Crippen LogP contribution in [0.1, 0.15) is 29.2 Å². The topological polar surface area (TPSA) is 96.8 Å². The second-order valence-electron chi connectivity index (χ2n) is 6.04. The fourth-order valence-electron chi connectivity index (χ4n) is 2.71. The molecule has 0 aliphatic heterocycles. The fraction of sp³-hybridized carbons (Fsp3) is 0.176. The summed E-state index contributed by atoms with van der Waals surface area (Å²) in [5.41, 5.74) is -0.118. The van der Waals surface area contributed by atoms with Gasteiger partial charge in [0, 0.05) is 17.9 Å². The Morgan fingerprint density at radius 3 is 2.65 bits per heavy atom. The van der Waals surface area contributed by atoms with Gasteiger partial charge < -0.3 is 5.32 Å². The molecule has 0 unspecified atom stereocenters. The second-order valence-corrected chi connectivity index (χ2v) is 6.85. The number of pyridine rings is 1. The zero-order chi connectivity index (χ0) is 18.4. The summed E-state index contributed by atoms with van der Waals surface area (Å²) in [6, 6.07) is 6.17. The first-order chi connectivity index (χ1) is 12.4. The number of H-pyrrole nitrogens is 1. The zero-order valence-corrected chi connectivity index (χ0v) is 14.8. The Balaban J connectivity index is 1.73. The second kappa shape index (κ2) is 6.26. The van der Waals surface area contributed by atoms with Crippen LogP contribution in [0, 0.1) is 0 Å². The quantitative estimate of drug-likeness (QED) is 0.718. The van der Waals surface area contributed by atoms with Crippen molar-refractivity contribution >= 4 is 45.8 Å². The Morgan fingerprint density at radius 1 is 1.19 bits per heavy atom. The highest BCUT2D eigenvalue weighted by atomic mass is 35.5. The van der Waals surface area contributed by atoms with Gasteiger partial charge in [0.1, 0.15) is 5.65 Å². The number of amides is 1. The lowest BCUT2D eigenvalue weighted by Crippen LogP contribution is -2.30. The number of aromatic amines is 1. The van der Waals surface area contributed by atoms with Crippen LogP contribution < -0.4 is 16.6 Å². The molecule has 2 aromatic heterocycles. The molecule has 1 amide bonds. The number of benzene rings is 1. The molecule has 0 radical (unpaired) electrons. The molecule has 0 spiro atoms. The summed E-state index contributed by atoms with van der Waals surface area (Å²) in [6.07, 6.45) is 3.07. The summed E-state index contributed by atoms with van der Waals surface area (Å²) >= 11 is 11.8. The fourth-order valence-corrected chi connectivity index (χ4v) is 3.01. The lowest BCUT2D eigenvalue weighted by molar-refractivity contribution is 0.102. The maximum absolute atomic E-state index is 12.5. The van der Waals surface area contributed by atoms with E-state index in [2.05, 4.69) is 15.3 Å². The third-order valence-electron chi connectivity index (χ3n) is 4.13. The van der Waals surface area contributed by atoms with E-state index in [1.165, 1.54) is 22.9 Å². The third kappa shape index (κ3) is 3.00. The Morgan fingerprint density at radius 2 is 1.96 bits per heavy atom. The molecule has 1 fully saturated rings. The van der Waals surface area contributed by atoms with E-state index >= 15 is 0 Å². The zero-order valence-electron chi connectivity index (χ0n) is 13.3. The van der Waals surface area contributed by atoms with Gasteiger partial charge in [-0.25, -0.2) is 9.78 Å². The molecule has 9 heteroatoms. The van der Waals surface area contributed by atoms with Crippen LogP contribution in [0.2, 0.25) is 10.0 Å². The lowest BCUT2D eigenvalue weighted by Gasteiger charge is -2.09. The maximum atomic E-state index is 12.5. The minimum Gasteiger partial charge on any atom is -0.322 e. The van der Waals surface area contributed by atoms with Crippen molar-refractivity contribution in [3.05, 3.63) is 66.9 Å². The van der Waals surface area contributed by atoms with Crippen LogP contribution in [-0.4, -0.2) is 20.4 Å². The largest absolute Gasteiger partial charge is 0.330 e. The van der Waals surface area contributed by atoms with Crippen molar-refractivity contribution in [1.29, 1.82) is 0 Å². The molecular formula is C17H12Cl2N4O3. The van der Waals surface area contributed by atoms with Crippen molar-refractivity contribution in [2.75, 3.05) is 5.32 Å². The molecule has 1 aliphatic rings. The number of nitrogens with zero attached hydrogens (tertiary/aromatic N) is 2. The number of aromatic nitrogens is 3. The van der Waals surface area contributed by atoms with Crippen molar-refractivity contribution < 1.29 is 4.79 Å². The molecule has 1 aliphatic carbocycles. The summed E-state index contributed by atoms with van der Waals surface area (Å²) in [4.78, 5) is 43.1. The number of nitrogens with one attached hydrogen (secondary N) is 2. The highest BCUT2D eigenvalue weighted by molar-refractivity contribution is 6.42. The van der Waals surface area contributed by atoms with Crippen LogP contribution >= 0.6 is 23.2 Å². The average Bonchev–Trinajstić information content (AvgIpc) is 3.43. The van der Waals surface area contributed by atoms with Gasteiger partial charge in [0.15, 0.2) is 0 Å². The number of carbonyl (C=O) groups excluding carboxylic acids is 1. The first-order valence-electron chi connectivity index (χ1n) is 7.85. The normalized spacial score (nSPS) is 13.8. The first kappa shape index (κ1) is 16.8. The Labute approximate surface area is 156 Å². The monoisotopic (exact) mass is 390 g/mol. The smallest absolute Gasteiger partial charge is 0.322 e. The molecule has 132 valence electrons. The Hall–Kier alpha value is -2.64. The standard InChI is InChI=1S/C17H12Cl2N4O3/c18-12-4-1-9(6-13(12)19)21-15(24)8-5-11-14(20-7-8)23(10-2-3-10)17(26)22-16(11)25/h1,4-7,10H,2-3H2,(H,21,24)(H,22,25,26). The van der Waals surface area contributed by atoms with Crippen molar-refractivity contribution in [3.8, 4) is 0 Å². The van der Waals surface area contributed by atoms with Crippen LogP contribution in [0.25, 0.3) is 11.0 Å². The van der Waals surface area contributed by atoms with E-state index in [0.29, 0.717) is 15.7 Å². The van der Waals surface area contributed by atoms with Gasteiger partial charge in [-0.2, -0.15) is 0 Å². The van der Waals surface area contributed by atoms with E-state index in [1.54, 1.807) is 12.1 Å². The average molecular weight is 391 g/mol. The number of hydrogen-bond acceptors (Lipinski definition) is 4. The van der Waals surface area contributed by atoms with Crippen molar-refractivity contribution in [1.82, 2.24) is 14.5 Å². The molecule has 3 aromatic rings. The first-order valence-corrected chi connectivity index (χ1v) is 8.60. The van der Waals surface area contributed by atoms with Crippen molar-refractivity contribution in [2.24, 2.45) is 0 Å². The molecule has 2 N–H and O–H groups in total. The lowest BCUT2D eigenvalue weighted by atomic mass is 10.2. The van der Waals surface area contributed by atoms with E-state index < -0.39 is 17.2 Å². The predicted molar refractivity (Wildman–Crippen MR) is 99.3 cm³/mol. The van der Waals surface area contributed by atoms with E-state index in [1.807, 2.05) is 0 Å². The van der Waals surface area contributed by atoms with Crippen molar-refractivity contribution in [2.45, 2.75) is 18.9 Å². The molecule has 2 heterocycles. The SMILES string of the molecule is O=C(Nc1ccc(Cl)c(Cl)c1)c1cnc2c(c1)c(=O)[nH]c(=O)n2C1CC1. The molecule has 26 heavy (non-hydrogen) atoms. The molecule has 0 saturated heterocycles. The number of hydrogen-bond donors (Lipinski definition) is 2. The maximum Gasteiger partial charge on any atom is 0.330 e. The van der Waals surface area contributed by atoms with Gasteiger partial charge >= 0.3 is 5.69 Å². The molecule has 0 bridgehead atoms. The van der Waals surface area contributed by atoms with E-state index in [4.69, 9.17) is 23.2 Å². The molecule has 7 nitrogen and oxygen atoms in total. The molecule has 4 rings (SSSR count). The van der Waals surface area contributed by atoms with Crippen LogP contribution in [0.15, 0.2) is 40.1 Å². The highest BCUT2D eigenvalue weighted by Crippen LogP contribution is 2.34. The van der Waals surface area contributed by atoms with E-state index in [-0.39, 0.29) is 22.6 Å². The van der Waals surface area contributed by atoms with Crippen LogP contribution in [0.5, 0.6) is 0 Å². The Bertz CT molecular complexity index is 1160. The molecule has 1 aromatic carbocycles. The van der Waals surface area contributed by atoms with Gasteiger partial charge in [0.2, 0.25) is 0 Å². The molecule has 0 atom stereocenters. The molecular weight excluding hydrogens is 379 g/mol. The minimum absolute atomic E-state index is 0.0465. The predicted octanol–water partition coefficient (Wildman–Crippen LogP) is 2.98. The van der Waals surface area contributed by atoms with Gasteiger partial charge in [-0.1, -0.05) is 23.2 Å². The highest BCUT2D eigenvalue weighted by Gasteiger charge is 2.27. The van der Waals surface area contributed by atoms with Gasteiger partial charge in [0.05, 0.1) is 21.0 Å². The van der Waals surface area contributed by atoms with Crippen LogP contribution in [-0.2, 0) is 0 Å². The number of rotatable bonds is 3. The van der Waals surface area contributed by atoms with Crippen molar-refractivity contribution in [3.63, 3.8) is 0 Å².